The third-order valence-electron chi connectivity index (χ3n) is 4.01. The topological polar surface area (TPSA) is 84.5 Å². The van der Waals surface area contributed by atoms with Gasteiger partial charge in [-0.05, 0) is 42.2 Å². The van der Waals surface area contributed by atoms with Gasteiger partial charge in [-0.1, -0.05) is 38.1 Å². The zero-order valence-corrected chi connectivity index (χ0v) is 16.5. The van der Waals surface area contributed by atoms with E-state index in [2.05, 4.69) is 10.6 Å². The molecule has 0 saturated heterocycles. The molecule has 2 aromatic rings. The number of para-hydroxylation sites is 1. The third kappa shape index (κ3) is 7.73. The molecule has 0 aliphatic rings. The zero-order chi connectivity index (χ0) is 21.2. The largest absolute Gasteiger partial charge is 0.456 e. The van der Waals surface area contributed by atoms with Crippen LogP contribution in [0.2, 0.25) is 0 Å². The normalized spacial score (nSPS) is 10.5. The number of halogens is 1. The average molecular weight is 400 g/mol. The van der Waals surface area contributed by atoms with Crippen LogP contribution in [0.25, 0.3) is 0 Å². The lowest BCUT2D eigenvalue weighted by Gasteiger charge is -2.12. The highest BCUT2D eigenvalue weighted by Crippen LogP contribution is 2.15. The summed E-state index contributed by atoms with van der Waals surface area (Å²) in [6, 6.07) is 12.5. The standard InChI is InChI=1S/C22H25FN2O4/c1-15(2)13-24-22(28)18-5-3-4-6-19(18)25-20(26)14-29-21(27)12-9-16-7-10-17(23)11-8-16/h3-8,10-11,15H,9,12-14H2,1-2H3,(H,24,28)(H,25,26). The quantitative estimate of drug-likeness (QED) is 0.633. The number of esters is 1. The Hall–Kier alpha value is -3.22. The number of rotatable bonds is 9. The molecular formula is C22H25FN2O4. The van der Waals surface area contributed by atoms with Gasteiger partial charge >= 0.3 is 5.97 Å². The van der Waals surface area contributed by atoms with Crippen LogP contribution in [0.4, 0.5) is 10.1 Å². The van der Waals surface area contributed by atoms with E-state index in [1.54, 1.807) is 36.4 Å². The van der Waals surface area contributed by atoms with Crippen LogP contribution in [-0.2, 0) is 20.7 Å². The molecule has 6 nitrogen and oxygen atoms in total. The number of nitrogens with one attached hydrogen (secondary N) is 2. The number of hydrogen-bond donors (Lipinski definition) is 2. The lowest BCUT2D eigenvalue weighted by Crippen LogP contribution is -2.29. The Morgan fingerprint density at radius 2 is 1.72 bits per heavy atom. The summed E-state index contributed by atoms with van der Waals surface area (Å²) in [6.45, 7) is 4.04. The molecule has 0 saturated carbocycles. The molecule has 2 aromatic carbocycles. The molecule has 2 amide bonds. The average Bonchev–Trinajstić information content (AvgIpc) is 2.70. The molecule has 29 heavy (non-hydrogen) atoms. The van der Waals surface area contributed by atoms with Gasteiger partial charge in [0.2, 0.25) is 0 Å². The van der Waals surface area contributed by atoms with Crippen molar-refractivity contribution in [1.29, 1.82) is 0 Å². The molecule has 0 bridgehead atoms. The number of hydrogen-bond acceptors (Lipinski definition) is 4. The number of carbonyl (C=O) groups is 3. The predicted molar refractivity (Wildman–Crippen MR) is 108 cm³/mol. The number of ether oxygens (including phenoxy) is 1. The van der Waals surface area contributed by atoms with Gasteiger partial charge in [0.1, 0.15) is 5.82 Å². The van der Waals surface area contributed by atoms with Crippen molar-refractivity contribution in [3.8, 4) is 0 Å². The molecule has 0 fully saturated rings. The molecule has 2 rings (SSSR count). The van der Waals surface area contributed by atoms with E-state index in [0.717, 1.165) is 5.56 Å². The summed E-state index contributed by atoms with van der Waals surface area (Å²) in [6.07, 6.45) is 0.465. The van der Waals surface area contributed by atoms with Crippen molar-refractivity contribution in [3.63, 3.8) is 0 Å². The summed E-state index contributed by atoms with van der Waals surface area (Å²) < 4.78 is 17.8. The number of aryl methyl sites for hydroxylation is 1. The lowest BCUT2D eigenvalue weighted by molar-refractivity contribution is -0.147. The molecule has 0 unspecified atom stereocenters. The number of amides is 2. The van der Waals surface area contributed by atoms with Crippen molar-refractivity contribution in [2.75, 3.05) is 18.5 Å². The highest BCUT2D eigenvalue weighted by molar-refractivity contribution is 6.04. The van der Waals surface area contributed by atoms with Gasteiger partial charge in [0.05, 0.1) is 11.3 Å². The first-order valence-corrected chi connectivity index (χ1v) is 9.42. The van der Waals surface area contributed by atoms with E-state index < -0.39 is 18.5 Å². The fourth-order valence-corrected chi connectivity index (χ4v) is 2.48. The molecule has 0 radical (unpaired) electrons. The van der Waals surface area contributed by atoms with Gasteiger partial charge in [-0.15, -0.1) is 0 Å². The lowest BCUT2D eigenvalue weighted by atomic mass is 10.1. The monoisotopic (exact) mass is 400 g/mol. The maximum Gasteiger partial charge on any atom is 0.306 e. The Morgan fingerprint density at radius 1 is 1.03 bits per heavy atom. The van der Waals surface area contributed by atoms with Gasteiger partial charge in [0, 0.05) is 13.0 Å². The van der Waals surface area contributed by atoms with E-state index in [1.807, 2.05) is 13.8 Å². The maximum atomic E-state index is 12.9. The smallest absolute Gasteiger partial charge is 0.306 e. The molecule has 0 heterocycles. The molecule has 0 aliphatic heterocycles. The molecule has 7 heteroatoms. The molecule has 0 aromatic heterocycles. The minimum Gasteiger partial charge on any atom is -0.456 e. The van der Waals surface area contributed by atoms with Crippen LogP contribution in [0.5, 0.6) is 0 Å². The van der Waals surface area contributed by atoms with E-state index >= 15 is 0 Å². The van der Waals surface area contributed by atoms with Crippen LogP contribution in [0.3, 0.4) is 0 Å². The van der Waals surface area contributed by atoms with Crippen molar-refractivity contribution >= 4 is 23.5 Å². The second-order valence-electron chi connectivity index (χ2n) is 6.98. The summed E-state index contributed by atoms with van der Waals surface area (Å²) in [5, 5.41) is 5.39. The second-order valence-corrected chi connectivity index (χ2v) is 6.98. The number of carbonyl (C=O) groups excluding carboxylic acids is 3. The first-order valence-electron chi connectivity index (χ1n) is 9.42. The van der Waals surface area contributed by atoms with Crippen LogP contribution in [0.15, 0.2) is 48.5 Å². The predicted octanol–water partition coefficient (Wildman–Crippen LogP) is 3.33. The van der Waals surface area contributed by atoms with Crippen LogP contribution >= 0.6 is 0 Å². The van der Waals surface area contributed by atoms with E-state index in [1.165, 1.54) is 12.1 Å². The van der Waals surface area contributed by atoms with Gasteiger partial charge in [0.15, 0.2) is 6.61 Å². The van der Waals surface area contributed by atoms with Gasteiger partial charge in [-0.3, -0.25) is 14.4 Å². The Morgan fingerprint density at radius 3 is 2.41 bits per heavy atom. The Bertz CT molecular complexity index is 850. The molecule has 0 spiro atoms. The van der Waals surface area contributed by atoms with E-state index in [0.29, 0.717) is 30.1 Å². The summed E-state index contributed by atoms with van der Waals surface area (Å²) in [4.78, 5) is 36.2. The van der Waals surface area contributed by atoms with Gasteiger partial charge in [-0.2, -0.15) is 0 Å². The number of anilines is 1. The first kappa shape index (κ1) is 22.1. The number of benzene rings is 2. The summed E-state index contributed by atoms with van der Waals surface area (Å²) in [7, 11) is 0. The second kappa shape index (κ2) is 10.9. The Kier molecular flexibility index (Phi) is 8.33. The summed E-state index contributed by atoms with van der Waals surface area (Å²) in [5.41, 5.74) is 1.49. The van der Waals surface area contributed by atoms with Crippen LogP contribution in [0, 0.1) is 11.7 Å². The van der Waals surface area contributed by atoms with Crippen LogP contribution in [0.1, 0.15) is 36.2 Å². The highest BCUT2D eigenvalue weighted by atomic mass is 19.1. The third-order valence-corrected chi connectivity index (χ3v) is 4.01. The van der Waals surface area contributed by atoms with Gasteiger partial charge in [0.25, 0.3) is 11.8 Å². The van der Waals surface area contributed by atoms with Crippen molar-refractivity contribution in [2.45, 2.75) is 26.7 Å². The van der Waals surface area contributed by atoms with Crippen molar-refractivity contribution in [3.05, 3.63) is 65.5 Å². The minimum atomic E-state index is -0.538. The fraction of sp³-hybridized carbons (Fsp3) is 0.318. The Labute approximate surface area is 169 Å². The molecule has 2 N–H and O–H groups in total. The van der Waals surface area contributed by atoms with Crippen molar-refractivity contribution < 1.29 is 23.5 Å². The van der Waals surface area contributed by atoms with Crippen molar-refractivity contribution in [2.24, 2.45) is 5.92 Å². The molecule has 154 valence electrons. The minimum absolute atomic E-state index is 0.0765. The Balaban J connectivity index is 1.82. The van der Waals surface area contributed by atoms with E-state index in [4.69, 9.17) is 4.74 Å². The van der Waals surface area contributed by atoms with Crippen molar-refractivity contribution in [1.82, 2.24) is 5.32 Å². The molecular weight excluding hydrogens is 375 g/mol. The zero-order valence-electron chi connectivity index (χ0n) is 16.5. The summed E-state index contributed by atoms with van der Waals surface area (Å²) in [5.74, 6) is -1.40. The highest BCUT2D eigenvalue weighted by Gasteiger charge is 2.14. The van der Waals surface area contributed by atoms with E-state index in [-0.39, 0.29) is 18.1 Å². The summed E-state index contributed by atoms with van der Waals surface area (Å²) >= 11 is 0. The maximum absolute atomic E-state index is 12.9. The van der Waals surface area contributed by atoms with Gasteiger partial charge < -0.3 is 15.4 Å². The first-order chi connectivity index (χ1) is 13.8. The van der Waals surface area contributed by atoms with Gasteiger partial charge in [-0.25, -0.2) is 4.39 Å². The fourth-order valence-electron chi connectivity index (χ4n) is 2.48. The van der Waals surface area contributed by atoms with E-state index in [9.17, 15) is 18.8 Å². The molecule has 0 aliphatic carbocycles. The molecule has 0 atom stereocenters. The van der Waals surface area contributed by atoms with Crippen LogP contribution < -0.4 is 10.6 Å². The van der Waals surface area contributed by atoms with Crippen LogP contribution in [-0.4, -0.2) is 30.9 Å². The SMILES string of the molecule is CC(C)CNC(=O)c1ccccc1NC(=O)COC(=O)CCc1ccc(F)cc1.